The zero-order valence-electron chi connectivity index (χ0n) is 15.1. The van der Waals surface area contributed by atoms with E-state index >= 15 is 0 Å². The van der Waals surface area contributed by atoms with Crippen molar-refractivity contribution in [1.29, 1.82) is 0 Å². The molecule has 1 atom stereocenters. The highest BCUT2D eigenvalue weighted by Gasteiger charge is 2.37. The first-order chi connectivity index (χ1) is 13.4. The fourth-order valence-corrected chi connectivity index (χ4v) is 6.06. The van der Waals surface area contributed by atoms with Crippen LogP contribution < -0.4 is 5.32 Å². The predicted molar refractivity (Wildman–Crippen MR) is 107 cm³/mol. The summed E-state index contributed by atoms with van der Waals surface area (Å²) in [5, 5.41) is 9.16. The minimum Gasteiger partial charge on any atom is -0.351 e. The number of sulfone groups is 1. The fraction of sp³-hybridized carbons (Fsp3) is 0.444. The van der Waals surface area contributed by atoms with Gasteiger partial charge in [0.1, 0.15) is 5.71 Å². The number of carbonyl (C=O) groups is 2. The monoisotopic (exact) mass is 420 g/mol. The van der Waals surface area contributed by atoms with Crippen molar-refractivity contribution >= 4 is 48.9 Å². The van der Waals surface area contributed by atoms with E-state index in [1.54, 1.807) is 11.3 Å². The Morgan fingerprint density at radius 1 is 1.29 bits per heavy atom. The quantitative estimate of drug-likeness (QED) is 0.780. The first-order valence-electron chi connectivity index (χ1n) is 9.14. The molecule has 28 heavy (non-hydrogen) atoms. The van der Waals surface area contributed by atoms with Crippen LogP contribution in [0.3, 0.4) is 0 Å². The molecule has 1 saturated heterocycles. The molecule has 2 aromatic rings. The van der Waals surface area contributed by atoms with E-state index in [1.807, 2.05) is 24.3 Å². The molecule has 1 aromatic heterocycles. The number of carbonyl (C=O) groups excluding carboxylic acids is 2. The topological polar surface area (TPSA) is 109 Å². The number of fused-ring (bicyclic) bond motifs is 1. The lowest BCUT2D eigenvalue weighted by atomic mass is 10.1. The number of benzene rings is 1. The molecule has 1 aromatic carbocycles. The highest BCUT2D eigenvalue weighted by molar-refractivity contribution is 7.91. The van der Waals surface area contributed by atoms with Crippen LogP contribution in [-0.4, -0.2) is 60.0 Å². The average Bonchev–Trinajstić information content (AvgIpc) is 3.24. The standard InChI is InChI=1S/C18H20N4O4S2/c23-17-6-5-14(21-22(17)12-8-10-28(25,26)11-12)18(24)19-9-7-16-20-13-3-1-2-4-15(13)27-16/h1-4,12H,5-11H2,(H,19,24). The van der Waals surface area contributed by atoms with Crippen molar-refractivity contribution in [2.45, 2.75) is 31.7 Å². The lowest BCUT2D eigenvalue weighted by Crippen LogP contribution is -2.44. The molecule has 8 nitrogen and oxygen atoms in total. The Bertz CT molecular complexity index is 1030. The minimum absolute atomic E-state index is 0.0562. The number of nitrogens with one attached hydrogen (secondary N) is 1. The Balaban J connectivity index is 1.37. The van der Waals surface area contributed by atoms with Crippen molar-refractivity contribution in [2.24, 2.45) is 5.10 Å². The molecule has 0 saturated carbocycles. The Morgan fingerprint density at radius 2 is 2.11 bits per heavy atom. The van der Waals surface area contributed by atoms with Gasteiger partial charge < -0.3 is 5.32 Å². The van der Waals surface area contributed by atoms with Crippen LogP contribution in [0.2, 0.25) is 0 Å². The molecule has 2 aliphatic rings. The van der Waals surface area contributed by atoms with Crippen molar-refractivity contribution < 1.29 is 18.0 Å². The molecule has 1 fully saturated rings. The molecule has 2 amide bonds. The smallest absolute Gasteiger partial charge is 0.267 e. The van der Waals surface area contributed by atoms with Gasteiger partial charge >= 0.3 is 0 Å². The van der Waals surface area contributed by atoms with Gasteiger partial charge in [0.15, 0.2) is 9.84 Å². The van der Waals surface area contributed by atoms with Gasteiger partial charge in [0.25, 0.3) is 5.91 Å². The van der Waals surface area contributed by atoms with E-state index in [9.17, 15) is 18.0 Å². The fourth-order valence-electron chi connectivity index (χ4n) is 3.40. The number of hydrogen-bond acceptors (Lipinski definition) is 7. The maximum atomic E-state index is 12.4. The Morgan fingerprint density at radius 3 is 2.86 bits per heavy atom. The third-order valence-electron chi connectivity index (χ3n) is 4.84. The second kappa shape index (κ2) is 7.59. The maximum absolute atomic E-state index is 12.4. The molecule has 4 rings (SSSR count). The van der Waals surface area contributed by atoms with E-state index in [0.29, 0.717) is 19.4 Å². The van der Waals surface area contributed by atoms with Crippen LogP contribution in [0.1, 0.15) is 24.3 Å². The van der Waals surface area contributed by atoms with E-state index in [4.69, 9.17) is 0 Å². The number of thiazole rings is 1. The summed E-state index contributed by atoms with van der Waals surface area (Å²) < 4.78 is 24.5. The van der Waals surface area contributed by atoms with Gasteiger partial charge in [0, 0.05) is 25.8 Å². The number of hydrogen-bond donors (Lipinski definition) is 1. The third-order valence-corrected chi connectivity index (χ3v) is 7.69. The molecule has 0 bridgehead atoms. The van der Waals surface area contributed by atoms with Gasteiger partial charge in [0.05, 0.1) is 32.8 Å². The van der Waals surface area contributed by atoms with Crippen molar-refractivity contribution in [3.63, 3.8) is 0 Å². The zero-order chi connectivity index (χ0) is 19.7. The summed E-state index contributed by atoms with van der Waals surface area (Å²) in [4.78, 5) is 29.1. The lowest BCUT2D eigenvalue weighted by Gasteiger charge is -2.27. The highest BCUT2D eigenvalue weighted by atomic mass is 32.2. The van der Waals surface area contributed by atoms with Crippen LogP contribution in [0.25, 0.3) is 10.2 Å². The van der Waals surface area contributed by atoms with Crippen molar-refractivity contribution in [1.82, 2.24) is 15.3 Å². The average molecular weight is 421 g/mol. The summed E-state index contributed by atoms with van der Waals surface area (Å²) in [6.07, 6.45) is 1.41. The van der Waals surface area contributed by atoms with Crippen molar-refractivity contribution in [2.75, 3.05) is 18.1 Å². The van der Waals surface area contributed by atoms with Gasteiger partial charge in [-0.1, -0.05) is 12.1 Å². The Labute approximate surface area is 166 Å². The van der Waals surface area contributed by atoms with Crippen LogP contribution in [0.15, 0.2) is 29.4 Å². The molecular formula is C18H20N4O4S2. The van der Waals surface area contributed by atoms with Crippen molar-refractivity contribution in [3.8, 4) is 0 Å². The van der Waals surface area contributed by atoms with Crippen LogP contribution in [0.4, 0.5) is 0 Å². The number of nitrogens with zero attached hydrogens (tertiary/aromatic N) is 3. The van der Waals surface area contributed by atoms with Crippen LogP contribution in [0, 0.1) is 0 Å². The molecule has 2 aliphatic heterocycles. The normalized spacial score (nSPS) is 21.7. The van der Waals surface area contributed by atoms with Crippen molar-refractivity contribution in [3.05, 3.63) is 29.3 Å². The first kappa shape index (κ1) is 19.0. The lowest BCUT2D eigenvalue weighted by molar-refractivity contribution is -0.133. The number of aromatic nitrogens is 1. The minimum atomic E-state index is -3.13. The summed E-state index contributed by atoms with van der Waals surface area (Å²) in [6, 6.07) is 7.41. The molecule has 148 valence electrons. The molecule has 10 heteroatoms. The molecular weight excluding hydrogens is 400 g/mol. The Hall–Kier alpha value is -2.33. The largest absolute Gasteiger partial charge is 0.351 e. The second-order valence-corrected chi connectivity index (χ2v) is 10.3. The number of para-hydroxylation sites is 1. The van der Waals surface area contributed by atoms with Gasteiger partial charge in [0.2, 0.25) is 5.91 Å². The molecule has 1 unspecified atom stereocenters. The number of hydrazone groups is 1. The summed E-state index contributed by atoms with van der Waals surface area (Å²) in [6.45, 7) is 0.420. The number of amides is 2. The van der Waals surface area contributed by atoms with Crippen LogP contribution in [-0.2, 0) is 25.8 Å². The van der Waals surface area contributed by atoms with E-state index in [2.05, 4.69) is 15.4 Å². The Kier molecular flexibility index (Phi) is 5.15. The first-order valence-corrected chi connectivity index (χ1v) is 11.8. The molecule has 0 spiro atoms. The summed E-state index contributed by atoms with van der Waals surface area (Å²) in [5.74, 6) is -0.581. The van der Waals surface area contributed by atoms with E-state index in [-0.39, 0.29) is 41.9 Å². The van der Waals surface area contributed by atoms with E-state index in [1.165, 1.54) is 5.01 Å². The molecule has 0 radical (unpaired) electrons. The van der Waals surface area contributed by atoms with E-state index < -0.39 is 15.9 Å². The van der Waals surface area contributed by atoms with Gasteiger partial charge in [-0.15, -0.1) is 11.3 Å². The summed E-state index contributed by atoms with van der Waals surface area (Å²) in [5.41, 5.74) is 1.22. The zero-order valence-corrected chi connectivity index (χ0v) is 16.8. The SMILES string of the molecule is O=C(NCCc1nc2ccccc2s1)C1=NN(C2CCS(=O)(=O)C2)C(=O)CC1. The van der Waals surface area contributed by atoms with E-state index in [0.717, 1.165) is 15.2 Å². The summed E-state index contributed by atoms with van der Waals surface area (Å²) >= 11 is 1.60. The van der Waals surface area contributed by atoms with Crippen LogP contribution in [0.5, 0.6) is 0 Å². The maximum Gasteiger partial charge on any atom is 0.267 e. The van der Waals surface area contributed by atoms with Gasteiger partial charge in [-0.3, -0.25) is 9.59 Å². The highest BCUT2D eigenvalue weighted by Crippen LogP contribution is 2.23. The summed E-state index contributed by atoms with van der Waals surface area (Å²) in [7, 11) is -3.13. The third kappa shape index (κ3) is 4.07. The second-order valence-electron chi connectivity index (χ2n) is 6.92. The number of rotatable bonds is 5. The van der Waals surface area contributed by atoms with Gasteiger partial charge in [-0.2, -0.15) is 5.10 Å². The molecule has 0 aliphatic carbocycles. The predicted octanol–water partition coefficient (Wildman–Crippen LogP) is 1.12. The van der Waals surface area contributed by atoms with Crippen LogP contribution >= 0.6 is 11.3 Å². The molecule has 1 N–H and O–H groups in total. The molecule has 3 heterocycles. The van der Waals surface area contributed by atoms with Gasteiger partial charge in [-0.25, -0.2) is 18.4 Å². The van der Waals surface area contributed by atoms with Gasteiger partial charge in [-0.05, 0) is 18.6 Å².